The molecule has 1 amide bonds. The lowest BCUT2D eigenvalue weighted by atomic mass is 10.3. The van der Waals surface area contributed by atoms with Crippen LogP contribution >= 0.6 is 0 Å². The van der Waals surface area contributed by atoms with Gasteiger partial charge >= 0.3 is 0 Å². The average molecular weight is 245 g/mol. The quantitative estimate of drug-likeness (QED) is 0.882. The lowest BCUT2D eigenvalue weighted by molar-refractivity contribution is -0.114. The average Bonchev–Trinajstić information content (AvgIpc) is 2.16. The lowest BCUT2D eigenvalue weighted by Crippen LogP contribution is -2.13. The Morgan fingerprint density at radius 1 is 1.44 bits per heavy atom. The van der Waals surface area contributed by atoms with E-state index in [1.165, 1.54) is 31.2 Å². The number of benzene rings is 1. The molecule has 0 fully saturated rings. The minimum Gasteiger partial charge on any atom is -0.326 e. The Morgan fingerprint density at radius 3 is 2.56 bits per heavy atom. The van der Waals surface area contributed by atoms with Gasteiger partial charge in [0.2, 0.25) is 21.2 Å². The van der Waals surface area contributed by atoms with E-state index in [9.17, 15) is 17.6 Å². The zero-order valence-corrected chi connectivity index (χ0v) is 9.71. The monoisotopic (exact) mass is 245 g/mol. The third kappa shape index (κ3) is 2.79. The summed E-state index contributed by atoms with van der Waals surface area (Å²) in [4.78, 5) is 10.6. The van der Waals surface area contributed by atoms with Crippen LogP contribution in [-0.2, 0) is 14.6 Å². The highest BCUT2D eigenvalue weighted by Gasteiger charge is 2.22. The number of rotatable bonds is 3. The molecule has 4 nitrogen and oxygen atoms in total. The molecule has 1 N–H and O–H groups in total. The molecule has 1 rings (SSSR count). The van der Waals surface area contributed by atoms with E-state index in [1.807, 2.05) is 0 Å². The summed E-state index contributed by atoms with van der Waals surface area (Å²) in [6.45, 7) is 2.26. The van der Waals surface area contributed by atoms with E-state index < -0.39 is 15.3 Å². The van der Waals surface area contributed by atoms with Crippen molar-refractivity contribution in [1.29, 1.82) is 0 Å². The molecule has 1 aromatic carbocycles. The highest BCUT2D eigenvalue weighted by molar-refractivity contribution is 7.91. The van der Waals surface area contributed by atoms with Crippen LogP contribution in [0.5, 0.6) is 0 Å². The fourth-order valence-electron chi connectivity index (χ4n) is 1.14. The Balaban J connectivity index is 3.13. The van der Waals surface area contributed by atoms with E-state index in [-0.39, 0.29) is 10.8 Å². The maximum absolute atomic E-state index is 12.9. The number of halogens is 1. The van der Waals surface area contributed by atoms with Crippen LogP contribution in [-0.4, -0.2) is 19.8 Å². The summed E-state index contributed by atoms with van der Waals surface area (Å²) in [5.74, 6) is -0.317. The number of carbonyl (C=O) groups excluding carboxylic acids is 1. The van der Waals surface area contributed by atoms with Gasteiger partial charge in [-0.15, -0.1) is 0 Å². The number of alkyl halides is 1. The van der Waals surface area contributed by atoms with Crippen LogP contribution < -0.4 is 5.32 Å². The fourth-order valence-corrected chi connectivity index (χ4v) is 2.08. The molecule has 0 aliphatic rings. The van der Waals surface area contributed by atoms with Gasteiger partial charge in [-0.2, -0.15) is 0 Å². The van der Waals surface area contributed by atoms with Crippen LogP contribution in [0.3, 0.4) is 0 Å². The normalized spacial score (nSPS) is 13.2. The molecule has 88 valence electrons. The molecule has 1 aromatic rings. The highest BCUT2D eigenvalue weighted by Crippen LogP contribution is 2.20. The summed E-state index contributed by atoms with van der Waals surface area (Å²) in [5.41, 5.74) is -1.64. The van der Waals surface area contributed by atoms with Crippen LogP contribution in [0.15, 0.2) is 29.2 Å². The van der Waals surface area contributed by atoms with Crippen LogP contribution in [0.25, 0.3) is 0 Å². The fraction of sp³-hybridized carbons (Fsp3) is 0.300. The molecular weight excluding hydrogens is 233 g/mol. The van der Waals surface area contributed by atoms with Gasteiger partial charge in [0.1, 0.15) is 0 Å². The van der Waals surface area contributed by atoms with Crippen LogP contribution in [0.4, 0.5) is 10.1 Å². The van der Waals surface area contributed by atoms with Crippen molar-refractivity contribution in [2.75, 3.05) is 5.32 Å². The smallest absolute Gasteiger partial charge is 0.221 e. The predicted octanol–water partition coefficient (Wildman–Crippen LogP) is 1.73. The minimum absolute atomic E-state index is 0.145. The van der Waals surface area contributed by atoms with Gasteiger partial charge in [-0.25, -0.2) is 12.8 Å². The summed E-state index contributed by atoms with van der Waals surface area (Å²) in [6, 6.07) is 5.49. The van der Waals surface area contributed by atoms with E-state index in [0.29, 0.717) is 5.69 Å². The first-order valence-electron chi connectivity index (χ1n) is 4.59. The first-order chi connectivity index (χ1) is 7.34. The number of hydrogen-bond donors (Lipinski definition) is 1. The second kappa shape index (κ2) is 4.61. The van der Waals surface area contributed by atoms with E-state index in [1.54, 1.807) is 0 Å². The molecule has 0 saturated carbocycles. The number of amides is 1. The third-order valence-corrected chi connectivity index (χ3v) is 3.68. The largest absolute Gasteiger partial charge is 0.326 e. The van der Waals surface area contributed by atoms with Gasteiger partial charge in [0.25, 0.3) is 0 Å². The van der Waals surface area contributed by atoms with Crippen molar-refractivity contribution in [3.8, 4) is 0 Å². The van der Waals surface area contributed by atoms with Gasteiger partial charge in [-0.05, 0) is 25.1 Å². The molecule has 0 spiro atoms. The molecule has 16 heavy (non-hydrogen) atoms. The van der Waals surface area contributed by atoms with Gasteiger partial charge in [0.15, 0.2) is 0 Å². The highest BCUT2D eigenvalue weighted by atomic mass is 32.2. The van der Waals surface area contributed by atoms with Crippen LogP contribution in [0.2, 0.25) is 0 Å². The maximum atomic E-state index is 12.9. The minimum atomic E-state index is -3.95. The van der Waals surface area contributed by atoms with Gasteiger partial charge in [-0.1, -0.05) is 6.07 Å². The molecule has 0 aliphatic heterocycles. The maximum Gasteiger partial charge on any atom is 0.221 e. The number of carbonyl (C=O) groups is 1. The third-order valence-electron chi connectivity index (χ3n) is 1.91. The summed E-state index contributed by atoms with van der Waals surface area (Å²) < 4.78 is 35.8. The number of sulfone groups is 1. The summed E-state index contributed by atoms with van der Waals surface area (Å²) in [5, 5.41) is 2.43. The summed E-state index contributed by atoms with van der Waals surface area (Å²) >= 11 is 0. The van der Waals surface area contributed by atoms with Crippen molar-refractivity contribution in [2.45, 2.75) is 24.2 Å². The number of hydrogen-bond acceptors (Lipinski definition) is 3. The molecule has 6 heteroatoms. The van der Waals surface area contributed by atoms with Gasteiger partial charge in [0, 0.05) is 12.6 Å². The van der Waals surface area contributed by atoms with Gasteiger partial charge in [0.05, 0.1) is 4.90 Å². The zero-order chi connectivity index (χ0) is 12.3. The standard InChI is InChI=1S/C10H12FNO3S/c1-7(11)16(14,15)10-5-3-4-9(6-10)12-8(2)13/h3-7H,1-2H3,(H,12,13)/t7-/m1/s1. The SMILES string of the molecule is CC(=O)Nc1cccc(S(=O)(=O)[C@H](C)F)c1. The van der Waals surface area contributed by atoms with E-state index in [4.69, 9.17) is 0 Å². The number of nitrogens with one attached hydrogen (secondary N) is 1. The Morgan fingerprint density at radius 2 is 2.06 bits per heavy atom. The molecule has 0 saturated heterocycles. The molecule has 0 heterocycles. The molecular formula is C10H12FNO3S. The molecule has 0 bridgehead atoms. The van der Waals surface area contributed by atoms with Crippen molar-refractivity contribution in [3.63, 3.8) is 0 Å². The Labute approximate surface area is 93.4 Å². The first kappa shape index (κ1) is 12.6. The van der Waals surface area contributed by atoms with Crippen molar-refractivity contribution in [2.24, 2.45) is 0 Å². The van der Waals surface area contributed by atoms with Crippen LogP contribution in [0, 0.1) is 0 Å². The van der Waals surface area contributed by atoms with Crippen molar-refractivity contribution < 1.29 is 17.6 Å². The van der Waals surface area contributed by atoms with E-state index >= 15 is 0 Å². The molecule has 0 aromatic heterocycles. The zero-order valence-electron chi connectivity index (χ0n) is 8.90. The summed E-state index contributed by atoms with van der Waals surface area (Å²) in [7, 11) is -3.95. The second-order valence-electron chi connectivity index (χ2n) is 3.30. The van der Waals surface area contributed by atoms with E-state index in [0.717, 1.165) is 6.92 Å². The van der Waals surface area contributed by atoms with Gasteiger partial charge < -0.3 is 5.32 Å². The predicted molar refractivity (Wildman–Crippen MR) is 58.5 cm³/mol. The lowest BCUT2D eigenvalue weighted by Gasteiger charge is -2.07. The topological polar surface area (TPSA) is 63.2 Å². The first-order valence-corrected chi connectivity index (χ1v) is 6.14. The van der Waals surface area contributed by atoms with Crippen molar-refractivity contribution >= 4 is 21.4 Å². The van der Waals surface area contributed by atoms with Crippen LogP contribution in [0.1, 0.15) is 13.8 Å². The molecule has 0 aliphatic carbocycles. The second-order valence-corrected chi connectivity index (χ2v) is 5.51. The molecule has 0 unspecified atom stereocenters. The van der Waals surface area contributed by atoms with E-state index in [2.05, 4.69) is 5.32 Å². The molecule has 0 radical (unpaired) electrons. The van der Waals surface area contributed by atoms with Gasteiger partial charge in [-0.3, -0.25) is 4.79 Å². The molecule has 1 atom stereocenters. The number of anilines is 1. The Bertz CT molecular complexity index is 497. The van der Waals surface area contributed by atoms with Crippen molar-refractivity contribution in [3.05, 3.63) is 24.3 Å². The van der Waals surface area contributed by atoms with Crippen molar-refractivity contribution in [1.82, 2.24) is 0 Å². The summed E-state index contributed by atoms with van der Waals surface area (Å²) in [6.07, 6.45) is 0. The Kier molecular flexibility index (Phi) is 3.64. The Hall–Kier alpha value is -1.43.